The number of rotatable bonds is 6. The van der Waals surface area contributed by atoms with Gasteiger partial charge in [0.2, 0.25) is 5.91 Å². The summed E-state index contributed by atoms with van der Waals surface area (Å²) in [5, 5.41) is 5.07. The second-order valence-corrected chi connectivity index (χ2v) is 8.39. The van der Waals surface area contributed by atoms with Gasteiger partial charge < -0.3 is 15.5 Å². The van der Waals surface area contributed by atoms with E-state index in [0.29, 0.717) is 17.6 Å². The molecule has 1 aliphatic rings. The predicted molar refractivity (Wildman–Crippen MR) is 115 cm³/mol. The van der Waals surface area contributed by atoms with Gasteiger partial charge in [-0.3, -0.25) is 9.69 Å². The van der Waals surface area contributed by atoms with Crippen molar-refractivity contribution in [3.63, 3.8) is 0 Å². The van der Waals surface area contributed by atoms with Crippen molar-refractivity contribution in [3.8, 4) is 0 Å². The molecule has 31 heavy (non-hydrogen) atoms. The highest BCUT2D eigenvalue weighted by atomic mass is 79.9. The van der Waals surface area contributed by atoms with E-state index in [1.54, 1.807) is 6.07 Å². The van der Waals surface area contributed by atoms with Crippen LogP contribution in [0.15, 0.2) is 40.9 Å². The Morgan fingerprint density at radius 2 is 1.81 bits per heavy atom. The summed E-state index contributed by atoms with van der Waals surface area (Å²) < 4.78 is 55.3. The number of amides is 1. The van der Waals surface area contributed by atoms with E-state index in [1.807, 2.05) is 11.9 Å². The molecule has 3 rings (SSSR count). The number of nitrogens with one attached hydrogen (secondary N) is 2. The second-order valence-electron chi connectivity index (χ2n) is 7.48. The Hall–Kier alpha value is -2.17. The lowest BCUT2D eigenvalue weighted by molar-refractivity contribution is -0.138. The van der Waals surface area contributed by atoms with Crippen LogP contribution in [-0.2, 0) is 17.5 Å². The molecule has 0 atom stereocenters. The van der Waals surface area contributed by atoms with E-state index in [2.05, 4.69) is 31.5 Å². The number of benzene rings is 2. The standard InChI is InChI=1S/C21H23BrF4N4O/c1-29-6-8-30(9-7-29)13-14-2-4-16(11-17(14)21(24,25)26)28-20(31)12-27-19-5-3-15(22)10-18(19)23/h2-5,10-11,27H,6-9,12-13H2,1H3,(H,28,31). The van der Waals surface area contributed by atoms with E-state index in [-0.39, 0.29) is 30.0 Å². The Morgan fingerprint density at radius 1 is 1.10 bits per heavy atom. The maximum absolute atomic E-state index is 13.8. The predicted octanol–water partition coefficient (Wildman–Crippen LogP) is 4.41. The van der Waals surface area contributed by atoms with Crippen molar-refractivity contribution in [2.75, 3.05) is 50.4 Å². The average molecular weight is 503 g/mol. The third-order valence-electron chi connectivity index (χ3n) is 5.06. The van der Waals surface area contributed by atoms with Crippen molar-refractivity contribution >= 4 is 33.2 Å². The molecule has 0 saturated carbocycles. The van der Waals surface area contributed by atoms with E-state index in [0.717, 1.165) is 19.2 Å². The van der Waals surface area contributed by atoms with Crippen LogP contribution in [0.2, 0.25) is 0 Å². The van der Waals surface area contributed by atoms with Crippen LogP contribution in [-0.4, -0.2) is 55.5 Å². The van der Waals surface area contributed by atoms with Gasteiger partial charge >= 0.3 is 6.18 Å². The molecule has 5 nitrogen and oxygen atoms in total. The van der Waals surface area contributed by atoms with Gasteiger partial charge in [-0.2, -0.15) is 13.2 Å². The third kappa shape index (κ3) is 6.65. The molecule has 0 bridgehead atoms. The van der Waals surface area contributed by atoms with Crippen molar-refractivity contribution < 1.29 is 22.4 Å². The summed E-state index contributed by atoms with van der Waals surface area (Å²) in [4.78, 5) is 16.3. The van der Waals surface area contributed by atoms with Crippen LogP contribution >= 0.6 is 15.9 Å². The third-order valence-corrected chi connectivity index (χ3v) is 5.55. The number of halogens is 5. The highest BCUT2D eigenvalue weighted by Gasteiger charge is 2.34. The summed E-state index contributed by atoms with van der Waals surface area (Å²) in [6.45, 7) is 2.92. The molecule has 0 unspecified atom stereocenters. The van der Waals surface area contributed by atoms with Crippen molar-refractivity contribution in [1.29, 1.82) is 0 Å². The molecule has 2 aromatic rings. The summed E-state index contributed by atoms with van der Waals surface area (Å²) in [7, 11) is 1.98. The Balaban J connectivity index is 1.66. The zero-order valence-electron chi connectivity index (χ0n) is 16.9. The first kappa shape index (κ1) is 23.5. The lowest BCUT2D eigenvalue weighted by atomic mass is 10.0. The van der Waals surface area contributed by atoms with Gasteiger partial charge in [0.15, 0.2) is 0 Å². The number of carbonyl (C=O) groups is 1. The molecule has 10 heteroatoms. The van der Waals surface area contributed by atoms with E-state index in [9.17, 15) is 22.4 Å². The first-order valence-corrected chi connectivity index (χ1v) is 10.5. The molecule has 1 aliphatic heterocycles. The maximum Gasteiger partial charge on any atom is 0.416 e. The van der Waals surface area contributed by atoms with Crippen LogP contribution in [0.5, 0.6) is 0 Å². The largest absolute Gasteiger partial charge is 0.416 e. The number of anilines is 2. The molecule has 1 amide bonds. The lowest BCUT2D eigenvalue weighted by Gasteiger charge is -2.33. The summed E-state index contributed by atoms with van der Waals surface area (Å²) in [5.41, 5.74) is -0.435. The molecule has 1 saturated heterocycles. The molecule has 0 spiro atoms. The molecule has 1 fully saturated rings. The highest BCUT2D eigenvalue weighted by Crippen LogP contribution is 2.34. The summed E-state index contributed by atoms with van der Waals surface area (Å²) in [6, 6.07) is 8.12. The van der Waals surface area contributed by atoms with Crippen molar-refractivity contribution in [2.45, 2.75) is 12.7 Å². The quantitative estimate of drug-likeness (QED) is 0.574. The zero-order chi connectivity index (χ0) is 22.6. The summed E-state index contributed by atoms with van der Waals surface area (Å²) in [6.07, 6.45) is -4.54. The molecule has 2 aromatic carbocycles. The van der Waals surface area contributed by atoms with E-state index in [1.165, 1.54) is 24.3 Å². The molecule has 2 N–H and O–H groups in total. The Kier molecular flexibility index (Phi) is 7.55. The van der Waals surface area contributed by atoms with Gasteiger partial charge in [0.05, 0.1) is 17.8 Å². The minimum Gasteiger partial charge on any atom is -0.374 e. The second kappa shape index (κ2) is 9.97. The average Bonchev–Trinajstić information content (AvgIpc) is 2.69. The SMILES string of the molecule is CN1CCN(Cc2ccc(NC(=O)CNc3ccc(Br)cc3F)cc2C(F)(F)F)CC1. The lowest BCUT2D eigenvalue weighted by Crippen LogP contribution is -2.44. The monoisotopic (exact) mass is 502 g/mol. The Bertz CT molecular complexity index is 930. The van der Waals surface area contributed by atoms with Crippen LogP contribution in [0.3, 0.4) is 0 Å². The van der Waals surface area contributed by atoms with Crippen LogP contribution in [0, 0.1) is 5.82 Å². The molecule has 0 aromatic heterocycles. The Morgan fingerprint density at radius 3 is 2.45 bits per heavy atom. The number of piperazine rings is 1. The van der Waals surface area contributed by atoms with Gasteiger partial charge in [0, 0.05) is 42.9 Å². The van der Waals surface area contributed by atoms with Gasteiger partial charge in [-0.15, -0.1) is 0 Å². The van der Waals surface area contributed by atoms with Gasteiger partial charge in [-0.1, -0.05) is 22.0 Å². The fourth-order valence-corrected chi connectivity index (χ4v) is 3.65. The topological polar surface area (TPSA) is 47.6 Å². The minimum absolute atomic E-state index is 0.0394. The Labute approximate surface area is 186 Å². The number of alkyl halides is 3. The smallest absolute Gasteiger partial charge is 0.374 e. The summed E-state index contributed by atoms with van der Waals surface area (Å²) in [5.74, 6) is -1.13. The molecular weight excluding hydrogens is 480 g/mol. The van der Waals surface area contributed by atoms with Crippen LogP contribution in [0.1, 0.15) is 11.1 Å². The molecule has 0 radical (unpaired) electrons. The minimum atomic E-state index is -4.54. The first-order valence-electron chi connectivity index (χ1n) is 9.71. The number of nitrogens with zero attached hydrogens (tertiary/aromatic N) is 2. The molecular formula is C21H23BrF4N4O. The van der Waals surface area contributed by atoms with Gasteiger partial charge in [-0.25, -0.2) is 4.39 Å². The van der Waals surface area contributed by atoms with Gasteiger partial charge in [0.1, 0.15) is 5.82 Å². The van der Waals surface area contributed by atoms with E-state index < -0.39 is 23.5 Å². The number of likely N-dealkylation sites (N-methyl/N-ethyl adjacent to an activating group) is 1. The van der Waals surface area contributed by atoms with E-state index >= 15 is 0 Å². The van der Waals surface area contributed by atoms with Crippen molar-refractivity contribution in [2.24, 2.45) is 0 Å². The molecule has 1 heterocycles. The van der Waals surface area contributed by atoms with Crippen LogP contribution in [0.25, 0.3) is 0 Å². The number of hydrogen-bond donors (Lipinski definition) is 2. The van der Waals surface area contributed by atoms with E-state index in [4.69, 9.17) is 0 Å². The molecule has 168 valence electrons. The van der Waals surface area contributed by atoms with Crippen molar-refractivity contribution in [1.82, 2.24) is 9.80 Å². The van der Waals surface area contributed by atoms with Crippen LogP contribution < -0.4 is 10.6 Å². The fourth-order valence-electron chi connectivity index (χ4n) is 3.32. The van der Waals surface area contributed by atoms with Crippen molar-refractivity contribution in [3.05, 3.63) is 57.8 Å². The van der Waals surface area contributed by atoms with Crippen LogP contribution in [0.4, 0.5) is 28.9 Å². The maximum atomic E-state index is 13.8. The zero-order valence-corrected chi connectivity index (χ0v) is 18.5. The van der Waals surface area contributed by atoms with Gasteiger partial charge in [0.25, 0.3) is 0 Å². The first-order chi connectivity index (χ1) is 14.6. The molecule has 0 aliphatic carbocycles. The normalized spacial score (nSPS) is 15.7. The van der Waals surface area contributed by atoms with Gasteiger partial charge in [-0.05, 0) is 42.9 Å². The number of carbonyl (C=O) groups excluding carboxylic acids is 1. The number of hydrogen-bond acceptors (Lipinski definition) is 4. The summed E-state index contributed by atoms with van der Waals surface area (Å²) >= 11 is 3.14. The fraction of sp³-hybridized carbons (Fsp3) is 0.381. The highest BCUT2D eigenvalue weighted by molar-refractivity contribution is 9.10.